The van der Waals surface area contributed by atoms with Crippen molar-refractivity contribution >= 4 is 27.5 Å². The molecule has 34 heavy (non-hydrogen) atoms. The van der Waals surface area contributed by atoms with E-state index in [2.05, 4.69) is 10.6 Å². The lowest BCUT2D eigenvalue weighted by Crippen LogP contribution is -2.44. The number of halogens is 3. The topological polar surface area (TPSA) is 118 Å². The minimum Gasteiger partial charge on any atom is -0.459 e. The maximum Gasteiger partial charge on any atom is 0.417 e. The average molecular weight is 495 g/mol. The zero-order valence-electron chi connectivity index (χ0n) is 17.7. The third kappa shape index (κ3) is 6.23. The van der Waals surface area contributed by atoms with E-state index in [-0.39, 0.29) is 12.3 Å². The molecule has 0 fully saturated rings. The maximum absolute atomic E-state index is 13.2. The number of nitrogens with one attached hydrogen (secondary N) is 3. The van der Waals surface area contributed by atoms with Gasteiger partial charge in [0.15, 0.2) is 5.76 Å². The zero-order valence-corrected chi connectivity index (χ0v) is 18.5. The van der Waals surface area contributed by atoms with Gasteiger partial charge in [0.05, 0.1) is 22.8 Å². The van der Waals surface area contributed by atoms with Crippen molar-refractivity contribution in [2.24, 2.45) is 0 Å². The molecule has 0 radical (unpaired) electrons. The van der Waals surface area contributed by atoms with E-state index in [0.29, 0.717) is 17.3 Å². The van der Waals surface area contributed by atoms with E-state index in [1.54, 1.807) is 30.3 Å². The molecule has 1 unspecified atom stereocenters. The number of hydrogen-bond acceptors (Lipinski definition) is 5. The molecule has 0 saturated heterocycles. The fraction of sp³-hybridized carbons (Fsp3) is 0.182. The highest BCUT2D eigenvalue weighted by Gasteiger charge is 2.37. The molecular weight excluding hydrogens is 475 g/mol. The number of furan rings is 1. The highest BCUT2D eigenvalue weighted by molar-refractivity contribution is 7.89. The number of carbonyl (C=O) groups is 2. The summed E-state index contributed by atoms with van der Waals surface area (Å²) in [4.78, 5) is 23.5. The normalized spacial score (nSPS) is 12.7. The van der Waals surface area contributed by atoms with Gasteiger partial charge in [0.2, 0.25) is 15.9 Å². The largest absolute Gasteiger partial charge is 0.459 e. The summed E-state index contributed by atoms with van der Waals surface area (Å²) >= 11 is 0. The fourth-order valence-electron chi connectivity index (χ4n) is 2.99. The minimum absolute atomic E-state index is 0.0193. The Kier molecular flexibility index (Phi) is 7.42. The summed E-state index contributed by atoms with van der Waals surface area (Å²) in [5.41, 5.74) is -0.308. The van der Waals surface area contributed by atoms with Crippen LogP contribution in [0.3, 0.4) is 0 Å². The summed E-state index contributed by atoms with van der Waals surface area (Å²) in [6.45, 7) is 1.19. The minimum atomic E-state index is -4.88. The van der Waals surface area contributed by atoms with E-state index in [1.807, 2.05) is 4.72 Å². The van der Waals surface area contributed by atoms with Gasteiger partial charge >= 0.3 is 6.18 Å². The van der Waals surface area contributed by atoms with E-state index in [4.69, 9.17) is 4.42 Å². The predicted molar refractivity (Wildman–Crippen MR) is 116 cm³/mol. The predicted octanol–water partition coefficient (Wildman–Crippen LogP) is 3.53. The first-order chi connectivity index (χ1) is 16.0. The number of amides is 2. The van der Waals surface area contributed by atoms with Crippen molar-refractivity contribution in [3.8, 4) is 0 Å². The van der Waals surface area contributed by atoms with Crippen LogP contribution in [-0.2, 0) is 27.5 Å². The molecule has 1 heterocycles. The molecule has 3 rings (SSSR count). The Hall–Kier alpha value is -3.64. The SMILES string of the molecule is CC(NS(=O)(=O)c1ccccc1C(F)(F)F)C(=O)NCc1cccc(NC(=O)c2ccco2)c1. The van der Waals surface area contributed by atoms with E-state index in [0.717, 1.165) is 18.2 Å². The van der Waals surface area contributed by atoms with E-state index in [1.165, 1.54) is 19.3 Å². The quantitative estimate of drug-likeness (QED) is 0.442. The van der Waals surface area contributed by atoms with Crippen LogP contribution in [0.4, 0.5) is 18.9 Å². The number of rotatable bonds is 8. The zero-order chi connectivity index (χ0) is 24.9. The van der Waals surface area contributed by atoms with Crippen molar-refractivity contribution < 1.29 is 35.6 Å². The van der Waals surface area contributed by atoms with Gasteiger partial charge < -0.3 is 15.1 Å². The molecule has 0 aliphatic heterocycles. The van der Waals surface area contributed by atoms with Gasteiger partial charge in [-0.3, -0.25) is 9.59 Å². The molecule has 0 saturated carbocycles. The third-order valence-corrected chi connectivity index (χ3v) is 6.20. The van der Waals surface area contributed by atoms with E-state index >= 15 is 0 Å². The van der Waals surface area contributed by atoms with Crippen LogP contribution in [-0.4, -0.2) is 26.3 Å². The van der Waals surface area contributed by atoms with Crippen LogP contribution >= 0.6 is 0 Å². The lowest BCUT2D eigenvalue weighted by Gasteiger charge is -2.17. The van der Waals surface area contributed by atoms with Crippen molar-refractivity contribution in [2.45, 2.75) is 30.6 Å². The Morgan fingerprint density at radius 2 is 1.76 bits per heavy atom. The van der Waals surface area contributed by atoms with Crippen LogP contribution in [0.15, 0.2) is 76.2 Å². The highest BCUT2D eigenvalue weighted by Crippen LogP contribution is 2.33. The molecule has 180 valence electrons. The molecule has 0 bridgehead atoms. The van der Waals surface area contributed by atoms with Gasteiger partial charge in [-0.15, -0.1) is 0 Å². The number of sulfonamides is 1. The number of carbonyl (C=O) groups excluding carboxylic acids is 2. The summed E-state index contributed by atoms with van der Waals surface area (Å²) in [7, 11) is -4.63. The van der Waals surface area contributed by atoms with Gasteiger partial charge in [-0.05, 0) is 48.9 Å². The summed E-state index contributed by atoms with van der Waals surface area (Å²) in [6, 6.07) is 11.9. The van der Waals surface area contributed by atoms with Crippen molar-refractivity contribution in [2.75, 3.05) is 5.32 Å². The second kappa shape index (κ2) is 10.1. The van der Waals surface area contributed by atoms with Gasteiger partial charge in [-0.1, -0.05) is 24.3 Å². The smallest absolute Gasteiger partial charge is 0.417 e. The Balaban J connectivity index is 1.62. The Morgan fingerprint density at radius 1 is 1.03 bits per heavy atom. The number of alkyl halides is 3. The average Bonchev–Trinajstić information content (AvgIpc) is 3.32. The number of benzene rings is 2. The first-order valence-corrected chi connectivity index (χ1v) is 11.4. The summed E-state index contributed by atoms with van der Waals surface area (Å²) < 4.78 is 71.5. The first kappa shape index (κ1) is 25.0. The van der Waals surface area contributed by atoms with Crippen LogP contribution < -0.4 is 15.4 Å². The molecular formula is C22H20F3N3O5S. The van der Waals surface area contributed by atoms with Gasteiger partial charge in [0, 0.05) is 12.2 Å². The Morgan fingerprint density at radius 3 is 2.44 bits per heavy atom. The Bertz CT molecular complexity index is 1270. The van der Waals surface area contributed by atoms with Crippen LogP contribution in [0.25, 0.3) is 0 Å². The van der Waals surface area contributed by atoms with Crippen LogP contribution in [0.2, 0.25) is 0 Å². The molecule has 3 aromatic rings. The van der Waals surface area contributed by atoms with Gasteiger partial charge in [0.1, 0.15) is 0 Å². The standard InChI is InChI=1S/C22H20F3N3O5S/c1-14(28-34(31,32)19-10-3-2-8-17(19)22(23,24)25)20(29)26-13-15-6-4-7-16(12-15)27-21(30)18-9-5-11-33-18/h2-12,14,28H,13H2,1H3,(H,26,29)(H,27,30). The van der Waals surface area contributed by atoms with Crippen molar-refractivity contribution in [3.63, 3.8) is 0 Å². The summed E-state index contributed by atoms with van der Waals surface area (Å²) in [5.74, 6) is -1.10. The molecule has 0 aliphatic rings. The Labute approximate surface area is 193 Å². The molecule has 2 amide bonds. The van der Waals surface area contributed by atoms with Crippen LogP contribution in [0.1, 0.15) is 28.6 Å². The summed E-state index contributed by atoms with van der Waals surface area (Å²) in [5, 5.41) is 5.14. The van der Waals surface area contributed by atoms with Gasteiger partial charge in [-0.2, -0.15) is 17.9 Å². The van der Waals surface area contributed by atoms with Crippen LogP contribution in [0, 0.1) is 0 Å². The molecule has 1 aromatic heterocycles. The van der Waals surface area contributed by atoms with E-state index < -0.39 is 44.5 Å². The van der Waals surface area contributed by atoms with Crippen LogP contribution in [0.5, 0.6) is 0 Å². The number of anilines is 1. The van der Waals surface area contributed by atoms with Crippen molar-refractivity contribution in [1.82, 2.24) is 10.0 Å². The first-order valence-electron chi connectivity index (χ1n) is 9.87. The van der Waals surface area contributed by atoms with Gasteiger partial charge in [-0.25, -0.2) is 8.42 Å². The fourth-order valence-corrected chi connectivity index (χ4v) is 4.42. The molecule has 8 nitrogen and oxygen atoms in total. The molecule has 2 aromatic carbocycles. The second-order valence-corrected chi connectivity index (χ2v) is 8.87. The van der Waals surface area contributed by atoms with E-state index in [9.17, 15) is 31.2 Å². The highest BCUT2D eigenvalue weighted by atomic mass is 32.2. The van der Waals surface area contributed by atoms with Gasteiger partial charge in [0.25, 0.3) is 5.91 Å². The molecule has 0 spiro atoms. The lowest BCUT2D eigenvalue weighted by molar-refractivity contribution is -0.139. The molecule has 12 heteroatoms. The lowest BCUT2D eigenvalue weighted by atomic mass is 10.2. The maximum atomic E-state index is 13.2. The monoisotopic (exact) mass is 495 g/mol. The van der Waals surface area contributed by atoms with Crippen molar-refractivity contribution in [3.05, 3.63) is 83.8 Å². The number of hydrogen-bond donors (Lipinski definition) is 3. The molecule has 1 atom stereocenters. The van der Waals surface area contributed by atoms with Crippen molar-refractivity contribution in [1.29, 1.82) is 0 Å². The molecule has 3 N–H and O–H groups in total. The summed E-state index contributed by atoms with van der Waals surface area (Å²) in [6.07, 6.45) is -3.52. The second-order valence-electron chi connectivity index (χ2n) is 7.19. The molecule has 0 aliphatic carbocycles. The third-order valence-electron chi connectivity index (χ3n) is 4.60.